The average Bonchev–Trinajstić information content (AvgIpc) is 2.79. The van der Waals surface area contributed by atoms with Gasteiger partial charge in [0.15, 0.2) is 0 Å². The molecule has 0 aliphatic carbocycles. The molecule has 5 heteroatoms. The Kier molecular flexibility index (Phi) is 5.62. The highest BCUT2D eigenvalue weighted by Crippen LogP contribution is 2.23. The third-order valence-electron chi connectivity index (χ3n) is 3.77. The highest BCUT2D eigenvalue weighted by atomic mass is 35.5. The lowest BCUT2D eigenvalue weighted by atomic mass is 10.1. The third-order valence-corrected chi connectivity index (χ3v) is 4.21. The van der Waals surface area contributed by atoms with Crippen molar-refractivity contribution >= 4 is 23.4 Å². The molecular formula is C16H21ClN2O2. The summed E-state index contributed by atoms with van der Waals surface area (Å²) >= 11 is 6.30. The summed E-state index contributed by atoms with van der Waals surface area (Å²) in [6, 6.07) is 9.38. The van der Waals surface area contributed by atoms with Crippen molar-refractivity contribution in [2.45, 2.75) is 25.1 Å². The molecule has 0 spiro atoms. The van der Waals surface area contributed by atoms with Crippen LogP contribution in [0.5, 0.6) is 0 Å². The lowest BCUT2D eigenvalue weighted by molar-refractivity contribution is -0.133. The van der Waals surface area contributed by atoms with Gasteiger partial charge in [0, 0.05) is 32.6 Å². The van der Waals surface area contributed by atoms with Crippen LogP contribution in [0, 0.1) is 0 Å². The molecule has 1 heterocycles. The number of amides is 2. The number of benzene rings is 1. The van der Waals surface area contributed by atoms with Gasteiger partial charge in [0.05, 0.1) is 0 Å². The summed E-state index contributed by atoms with van der Waals surface area (Å²) in [5, 5.41) is -0.653. The minimum absolute atomic E-state index is 0.0753. The second kappa shape index (κ2) is 7.46. The van der Waals surface area contributed by atoms with Crippen LogP contribution in [-0.2, 0) is 9.59 Å². The Balaban J connectivity index is 1.99. The first-order chi connectivity index (χ1) is 10.1. The fourth-order valence-electron chi connectivity index (χ4n) is 2.54. The first-order valence-corrected chi connectivity index (χ1v) is 7.82. The summed E-state index contributed by atoms with van der Waals surface area (Å²) in [4.78, 5) is 27.8. The number of rotatable bonds is 3. The lowest BCUT2D eigenvalue weighted by Crippen LogP contribution is -2.38. The van der Waals surface area contributed by atoms with E-state index in [0.717, 1.165) is 18.5 Å². The molecule has 1 fully saturated rings. The van der Waals surface area contributed by atoms with Crippen molar-refractivity contribution in [3.05, 3.63) is 35.9 Å². The summed E-state index contributed by atoms with van der Waals surface area (Å²) < 4.78 is 0. The highest BCUT2D eigenvalue weighted by Gasteiger charge is 2.26. The Bertz CT molecular complexity index is 492. The normalized spacial score (nSPS) is 17.2. The first kappa shape index (κ1) is 15.8. The Morgan fingerprint density at radius 3 is 2.38 bits per heavy atom. The van der Waals surface area contributed by atoms with Crippen molar-refractivity contribution in [1.29, 1.82) is 0 Å². The first-order valence-electron chi connectivity index (χ1n) is 7.39. The summed E-state index contributed by atoms with van der Waals surface area (Å²) in [5.41, 5.74) is 0.815. The molecule has 21 heavy (non-hydrogen) atoms. The van der Waals surface area contributed by atoms with Gasteiger partial charge in [-0.15, -0.1) is 11.6 Å². The quantitative estimate of drug-likeness (QED) is 0.805. The Morgan fingerprint density at radius 2 is 1.71 bits per heavy atom. The maximum absolute atomic E-state index is 12.5. The highest BCUT2D eigenvalue weighted by molar-refractivity contribution is 6.30. The van der Waals surface area contributed by atoms with Crippen LogP contribution >= 0.6 is 11.6 Å². The van der Waals surface area contributed by atoms with Gasteiger partial charge in [-0.1, -0.05) is 37.3 Å². The van der Waals surface area contributed by atoms with Gasteiger partial charge in [0.25, 0.3) is 0 Å². The second-order valence-corrected chi connectivity index (χ2v) is 5.62. The number of halogens is 1. The molecule has 0 aromatic heterocycles. The molecule has 0 saturated carbocycles. The van der Waals surface area contributed by atoms with Crippen molar-refractivity contribution in [2.75, 3.05) is 26.2 Å². The number of hydrogen-bond donors (Lipinski definition) is 0. The molecule has 0 radical (unpaired) electrons. The van der Waals surface area contributed by atoms with Crippen LogP contribution in [0.2, 0.25) is 0 Å². The van der Waals surface area contributed by atoms with Gasteiger partial charge in [0.1, 0.15) is 5.38 Å². The average molecular weight is 309 g/mol. The summed E-state index contributed by atoms with van der Waals surface area (Å²) in [5.74, 6) is 0.0726. The Labute approximate surface area is 130 Å². The van der Waals surface area contributed by atoms with E-state index in [4.69, 9.17) is 11.6 Å². The zero-order valence-corrected chi connectivity index (χ0v) is 13.1. The van der Waals surface area contributed by atoms with E-state index < -0.39 is 5.38 Å². The van der Waals surface area contributed by atoms with Gasteiger partial charge in [-0.25, -0.2) is 0 Å². The van der Waals surface area contributed by atoms with Crippen LogP contribution in [0.15, 0.2) is 30.3 Å². The van der Waals surface area contributed by atoms with Crippen LogP contribution in [0.4, 0.5) is 0 Å². The van der Waals surface area contributed by atoms with E-state index in [0.29, 0.717) is 26.1 Å². The predicted octanol–water partition coefficient (Wildman–Crippen LogP) is 2.44. The zero-order valence-electron chi connectivity index (χ0n) is 12.3. The topological polar surface area (TPSA) is 40.6 Å². The smallest absolute Gasteiger partial charge is 0.245 e. The van der Waals surface area contributed by atoms with Gasteiger partial charge in [-0.2, -0.15) is 0 Å². The van der Waals surface area contributed by atoms with Gasteiger partial charge >= 0.3 is 0 Å². The fourth-order valence-corrected chi connectivity index (χ4v) is 2.82. The van der Waals surface area contributed by atoms with E-state index in [1.165, 1.54) is 0 Å². The van der Waals surface area contributed by atoms with Gasteiger partial charge in [-0.05, 0) is 12.0 Å². The fraction of sp³-hybridized carbons (Fsp3) is 0.500. The van der Waals surface area contributed by atoms with Crippen LogP contribution < -0.4 is 0 Å². The summed E-state index contributed by atoms with van der Waals surface area (Å²) in [6.45, 7) is 4.38. The van der Waals surface area contributed by atoms with Gasteiger partial charge in [0.2, 0.25) is 11.8 Å². The molecule has 1 aromatic rings. The number of carbonyl (C=O) groups excluding carboxylic acids is 2. The summed E-state index contributed by atoms with van der Waals surface area (Å²) in [6.07, 6.45) is 1.31. The molecular weight excluding hydrogens is 288 g/mol. The minimum Gasteiger partial charge on any atom is -0.341 e. The van der Waals surface area contributed by atoms with E-state index in [1.54, 1.807) is 4.90 Å². The second-order valence-electron chi connectivity index (χ2n) is 5.19. The van der Waals surface area contributed by atoms with Crippen molar-refractivity contribution < 1.29 is 9.59 Å². The Morgan fingerprint density at radius 1 is 1.10 bits per heavy atom. The van der Waals surface area contributed by atoms with E-state index in [9.17, 15) is 9.59 Å². The number of hydrogen-bond acceptors (Lipinski definition) is 2. The molecule has 1 saturated heterocycles. The van der Waals surface area contributed by atoms with Crippen molar-refractivity contribution in [2.24, 2.45) is 0 Å². The lowest BCUT2D eigenvalue weighted by Gasteiger charge is -2.24. The largest absolute Gasteiger partial charge is 0.341 e. The predicted molar refractivity (Wildman–Crippen MR) is 83.1 cm³/mol. The van der Waals surface area contributed by atoms with E-state index in [-0.39, 0.29) is 11.8 Å². The van der Waals surface area contributed by atoms with Crippen molar-refractivity contribution in [3.8, 4) is 0 Å². The minimum atomic E-state index is -0.653. The molecule has 2 amide bonds. The molecule has 0 N–H and O–H groups in total. The monoisotopic (exact) mass is 308 g/mol. The molecule has 1 atom stereocenters. The number of alkyl halides is 1. The van der Waals surface area contributed by atoms with Crippen LogP contribution in [0.3, 0.4) is 0 Å². The molecule has 1 aliphatic rings. The number of carbonyl (C=O) groups is 2. The zero-order chi connectivity index (χ0) is 15.2. The molecule has 114 valence electrons. The molecule has 2 rings (SSSR count). The Hall–Kier alpha value is -1.55. The van der Waals surface area contributed by atoms with E-state index in [2.05, 4.69) is 0 Å². The third kappa shape index (κ3) is 3.97. The van der Waals surface area contributed by atoms with Crippen LogP contribution in [-0.4, -0.2) is 47.8 Å². The molecule has 1 aromatic carbocycles. The number of nitrogens with zero attached hydrogens (tertiary/aromatic N) is 2. The molecule has 1 unspecified atom stereocenters. The maximum atomic E-state index is 12.5. The van der Waals surface area contributed by atoms with Crippen molar-refractivity contribution in [1.82, 2.24) is 9.80 Å². The van der Waals surface area contributed by atoms with E-state index >= 15 is 0 Å². The van der Waals surface area contributed by atoms with Crippen molar-refractivity contribution in [3.63, 3.8) is 0 Å². The van der Waals surface area contributed by atoms with Gasteiger partial charge in [-0.3, -0.25) is 9.59 Å². The van der Waals surface area contributed by atoms with E-state index in [1.807, 2.05) is 42.2 Å². The van der Waals surface area contributed by atoms with Crippen LogP contribution in [0.1, 0.15) is 30.7 Å². The standard InChI is InChI=1S/C16H21ClN2O2/c1-2-14(20)18-9-6-10-19(12-11-18)16(21)15(17)13-7-4-3-5-8-13/h3-5,7-8,15H,2,6,9-12H2,1H3. The van der Waals surface area contributed by atoms with Crippen LogP contribution in [0.25, 0.3) is 0 Å². The van der Waals surface area contributed by atoms with Gasteiger partial charge < -0.3 is 9.80 Å². The SMILES string of the molecule is CCC(=O)N1CCCN(C(=O)C(Cl)c2ccccc2)CC1. The summed E-state index contributed by atoms with van der Waals surface area (Å²) in [7, 11) is 0. The maximum Gasteiger partial charge on any atom is 0.245 e. The molecule has 4 nitrogen and oxygen atoms in total. The molecule has 1 aliphatic heterocycles. The molecule has 0 bridgehead atoms.